The molecule has 194 valence electrons. The lowest BCUT2D eigenvalue weighted by Gasteiger charge is -2.32. The number of nitrogens with one attached hydrogen (secondary N) is 2. The van der Waals surface area contributed by atoms with Gasteiger partial charge in [-0.25, -0.2) is 9.97 Å². The summed E-state index contributed by atoms with van der Waals surface area (Å²) in [6, 6.07) is 8.28. The van der Waals surface area contributed by atoms with Crippen LogP contribution in [0.2, 0.25) is 5.02 Å². The number of pyridine rings is 3. The third-order valence-electron chi connectivity index (χ3n) is 6.32. The number of anilines is 1. The molecule has 0 spiro atoms. The van der Waals surface area contributed by atoms with Crippen LogP contribution in [0.15, 0.2) is 35.4 Å². The number of carbonyl (C=O) groups is 1. The van der Waals surface area contributed by atoms with Gasteiger partial charge >= 0.3 is 0 Å². The van der Waals surface area contributed by atoms with Gasteiger partial charge in [0.1, 0.15) is 5.82 Å². The number of hydrogen-bond donors (Lipinski definition) is 2. The van der Waals surface area contributed by atoms with Gasteiger partial charge in [0.25, 0.3) is 0 Å². The Kier molecular flexibility index (Phi) is 10.4. The number of carbonyl (C=O) groups excluding carboxylic acids is 1. The molecule has 0 unspecified atom stereocenters. The van der Waals surface area contributed by atoms with Gasteiger partial charge in [-0.3, -0.25) is 9.78 Å². The van der Waals surface area contributed by atoms with Gasteiger partial charge in [-0.1, -0.05) is 11.6 Å². The van der Waals surface area contributed by atoms with Crippen molar-refractivity contribution in [2.24, 2.45) is 0 Å². The fourth-order valence-electron chi connectivity index (χ4n) is 4.41. The van der Waals surface area contributed by atoms with Crippen LogP contribution in [0.5, 0.6) is 5.88 Å². The first kappa shape index (κ1) is 28.7. The normalized spacial score (nSPS) is 16.0. The topological polar surface area (TPSA) is 92.3 Å². The van der Waals surface area contributed by atoms with E-state index in [9.17, 15) is 4.79 Å². The molecule has 5 heterocycles. The van der Waals surface area contributed by atoms with E-state index in [0.717, 1.165) is 66.1 Å². The molecule has 5 rings (SSSR count). The van der Waals surface area contributed by atoms with Crippen LogP contribution < -0.4 is 15.4 Å². The molecule has 0 radical (unpaired) electrons. The fraction of sp³-hybridized carbons (Fsp3) is 0.417. The van der Waals surface area contributed by atoms with Crippen LogP contribution in [-0.2, 0) is 17.8 Å². The van der Waals surface area contributed by atoms with Crippen molar-refractivity contribution in [3.8, 4) is 5.88 Å². The fourth-order valence-corrected chi connectivity index (χ4v) is 5.40. The second-order valence-corrected chi connectivity index (χ2v) is 9.96. The van der Waals surface area contributed by atoms with E-state index in [2.05, 4.69) is 30.5 Å². The molecule has 1 saturated heterocycles. The number of nitrogens with zero attached hydrogens (tertiary/aromatic N) is 4. The maximum Gasteiger partial charge on any atom is 0.235 e. The van der Waals surface area contributed by atoms with E-state index in [1.165, 1.54) is 11.8 Å². The van der Waals surface area contributed by atoms with Crippen molar-refractivity contribution in [2.75, 3.05) is 37.8 Å². The Bertz CT molecular complexity index is 1210. The van der Waals surface area contributed by atoms with Gasteiger partial charge in [-0.15, -0.1) is 36.6 Å². The van der Waals surface area contributed by atoms with Crippen molar-refractivity contribution in [3.05, 3.63) is 46.7 Å². The van der Waals surface area contributed by atoms with Gasteiger partial charge < -0.3 is 20.3 Å². The van der Waals surface area contributed by atoms with Crippen molar-refractivity contribution in [2.45, 2.75) is 36.7 Å². The minimum atomic E-state index is 0. The number of amides is 1. The molecule has 12 heteroatoms. The SMILES string of the molecule is COc1ccc2ncc(Cl)c(CCN3CCC(NCc4ccc5c(n4)NC(=O)CS5)CC3)c2n1.Cl.Cl. The quantitative estimate of drug-likeness (QED) is 0.432. The minimum Gasteiger partial charge on any atom is -0.481 e. The number of piperidine rings is 1. The largest absolute Gasteiger partial charge is 0.481 e. The molecular weight excluding hydrogens is 543 g/mol. The lowest BCUT2D eigenvalue weighted by molar-refractivity contribution is -0.113. The van der Waals surface area contributed by atoms with E-state index in [1.54, 1.807) is 13.3 Å². The lowest BCUT2D eigenvalue weighted by atomic mass is 10.0. The van der Waals surface area contributed by atoms with Crippen molar-refractivity contribution < 1.29 is 9.53 Å². The van der Waals surface area contributed by atoms with Crippen molar-refractivity contribution in [1.29, 1.82) is 0 Å². The monoisotopic (exact) mass is 570 g/mol. The summed E-state index contributed by atoms with van der Waals surface area (Å²) in [6.07, 6.45) is 4.68. The summed E-state index contributed by atoms with van der Waals surface area (Å²) in [5.74, 6) is 1.72. The second kappa shape index (κ2) is 13.1. The van der Waals surface area contributed by atoms with Crippen LogP contribution in [0.25, 0.3) is 11.0 Å². The highest BCUT2D eigenvalue weighted by molar-refractivity contribution is 8.00. The number of methoxy groups -OCH3 is 1. The molecule has 3 aromatic rings. The summed E-state index contributed by atoms with van der Waals surface area (Å²) in [5, 5.41) is 7.15. The van der Waals surface area contributed by atoms with Crippen molar-refractivity contribution >= 4 is 70.9 Å². The van der Waals surface area contributed by atoms with E-state index in [-0.39, 0.29) is 30.7 Å². The summed E-state index contributed by atoms with van der Waals surface area (Å²) in [6.45, 7) is 3.68. The standard InChI is InChI=1S/C24H27ClN6O2S.2ClH/c1-33-22-5-3-19-23(30-22)17(18(25)13-27-19)8-11-31-9-6-15(7-10-31)26-12-16-2-4-20-24(28-16)29-21(32)14-34-20;;/h2-5,13,15,26H,6-12,14H2,1H3,(H,28,29,32);2*1H. The molecule has 8 nitrogen and oxygen atoms in total. The molecular formula is C24H29Cl3N6O2S. The van der Waals surface area contributed by atoms with Gasteiger partial charge in [-0.05, 0) is 50.6 Å². The van der Waals surface area contributed by atoms with Crippen molar-refractivity contribution in [3.63, 3.8) is 0 Å². The average Bonchev–Trinajstić information content (AvgIpc) is 2.87. The van der Waals surface area contributed by atoms with Gasteiger partial charge in [-0.2, -0.15) is 0 Å². The third-order valence-corrected chi connectivity index (χ3v) is 7.69. The number of fused-ring (bicyclic) bond motifs is 2. The van der Waals surface area contributed by atoms with Gasteiger partial charge in [0.2, 0.25) is 11.8 Å². The van der Waals surface area contributed by atoms with Gasteiger partial charge in [0.05, 0.1) is 39.5 Å². The number of halogens is 3. The molecule has 0 saturated carbocycles. The number of aromatic nitrogens is 3. The molecule has 0 bridgehead atoms. The summed E-state index contributed by atoms with van der Waals surface area (Å²) in [4.78, 5) is 28.7. The Morgan fingerprint density at radius 2 is 2.00 bits per heavy atom. The van der Waals surface area contributed by atoms with Crippen LogP contribution in [0.3, 0.4) is 0 Å². The van der Waals surface area contributed by atoms with E-state index in [0.29, 0.717) is 35.1 Å². The number of thioether (sulfide) groups is 1. The number of rotatable bonds is 7. The highest BCUT2D eigenvalue weighted by Gasteiger charge is 2.21. The van der Waals surface area contributed by atoms with Crippen LogP contribution in [0, 0.1) is 0 Å². The maximum atomic E-state index is 11.6. The van der Waals surface area contributed by atoms with Crippen LogP contribution in [-0.4, -0.2) is 64.3 Å². The van der Waals surface area contributed by atoms with Crippen molar-refractivity contribution in [1.82, 2.24) is 25.2 Å². The molecule has 1 fully saturated rings. The highest BCUT2D eigenvalue weighted by Crippen LogP contribution is 2.30. The zero-order valence-corrected chi connectivity index (χ0v) is 23.0. The highest BCUT2D eigenvalue weighted by atomic mass is 35.5. The Morgan fingerprint density at radius 3 is 2.78 bits per heavy atom. The molecule has 36 heavy (non-hydrogen) atoms. The van der Waals surface area contributed by atoms with E-state index >= 15 is 0 Å². The Morgan fingerprint density at radius 1 is 1.19 bits per heavy atom. The molecule has 3 aromatic heterocycles. The summed E-state index contributed by atoms with van der Waals surface area (Å²) < 4.78 is 5.29. The van der Waals surface area contributed by atoms with E-state index in [4.69, 9.17) is 16.3 Å². The van der Waals surface area contributed by atoms with Gasteiger partial charge in [0, 0.05) is 37.0 Å². The van der Waals surface area contributed by atoms with Crippen LogP contribution in [0.4, 0.5) is 5.82 Å². The summed E-state index contributed by atoms with van der Waals surface area (Å²) >= 11 is 8.02. The molecule has 2 aliphatic rings. The number of hydrogen-bond acceptors (Lipinski definition) is 8. The first-order valence-electron chi connectivity index (χ1n) is 11.5. The molecule has 0 aliphatic carbocycles. The maximum absolute atomic E-state index is 11.6. The summed E-state index contributed by atoms with van der Waals surface area (Å²) in [7, 11) is 1.61. The molecule has 2 aliphatic heterocycles. The average molecular weight is 572 g/mol. The first-order valence-corrected chi connectivity index (χ1v) is 12.8. The molecule has 2 N–H and O–H groups in total. The Labute approximate surface area is 232 Å². The minimum absolute atomic E-state index is 0. The summed E-state index contributed by atoms with van der Waals surface area (Å²) in [5.41, 5.74) is 3.62. The predicted octanol–water partition coefficient (Wildman–Crippen LogP) is 4.37. The predicted molar refractivity (Wildman–Crippen MR) is 149 cm³/mol. The lowest BCUT2D eigenvalue weighted by Crippen LogP contribution is -2.43. The number of ether oxygens (including phenoxy) is 1. The van der Waals surface area contributed by atoms with E-state index < -0.39 is 0 Å². The van der Waals surface area contributed by atoms with Gasteiger partial charge in [0.15, 0.2) is 0 Å². The zero-order valence-electron chi connectivity index (χ0n) is 19.8. The molecule has 0 atom stereocenters. The van der Waals surface area contributed by atoms with E-state index in [1.807, 2.05) is 24.3 Å². The van der Waals surface area contributed by atoms with Crippen LogP contribution in [0.1, 0.15) is 24.1 Å². The zero-order chi connectivity index (χ0) is 23.5. The Hall–Kier alpha value is -1.88. The molecule has 0 aromatic carbocycles. The Balaban J connectivity index is 0.00000180. The number of likely N-dealkylation sites (tertiary alicyclic amines) is 1. The first-order chi connectivity index (χ1) is 16.6. The van der Waals surface area contributed by atoms with Crippen LogP contribution >= 0.6 is 48.2 Å². The molecule has 1 amide bonds. The third kappa shape index (κ3) is 6.70. The smallest absolute Gasteiger partial charge is 0.235 e. The second-order valence-electron chi connectivity index (χ2n) is 8.54.